The lowest BCUT2D eigenvalue weighted by Gasteiger charge is -2.36. The molecule has 0 aromatic rings. The summed E-state index contributed by atoms with van der Waals surface area (Å²) in [5.74, 6) is 1.10. The van der Waals surface area contributed by atoms with E-state index >= 15 is 0 Å². The van der Waals surface area contributed by atoms with Gasteiger partial charge in [0.15, 0.2) is 0 Å². The van der Waals surface area contributed by atoms with Crippen molar-refractivity contribution in [3.05, 3.63) is 0 Å². The second kappa shape index (κ2) is 6.23. The Morgan fingerprint density at radius 2 is 1.89 bits per heavy atom. The van der Waals surface area contributed by atoms with E-state index in [-0.39, 0.29) is 11.9 Å². The maximum Gasteiger partial charge on any atom is 0.237 e. The molecule has 0 aromatic carbocycles. The average Bonchev–Trinajstić information content (AvgIpc) is 3.25. The van der Waals surface area contributed by atoms with Gasteiger partial charge in [0.25, 0.3) is 0 Å². The predicted molar refractivity (Wildman–Crippen MR) is 76.0 cm³/mol. The number of hydrogen-bond donors (Lipinski definition) is 2. The van der Waals surface area contributed by atoms with Crippen molar-refractivity contribution in [1.82, 2.24) is 15.5 Å². The molecule has 3 aliphatic rings. The molecule has 1 atom stereocenters. The fourth-order valence-corrected chi connectivity index (χ4v) is 3.36. The number of nitrogens with one attached hydrogen (secondary N) is 2. The summed E-state index contributed by atoms with van der Waals surface area (Å²) in [7, 11) is 0. The number of hydrogen-bond acceptors (Lipinski definition) is 3. The van der Waals surface area contributed by atoms with Gasteiger partial charge in [0.2, 0.25) is 5.91 Å². The molecule has 0 spiro atoms. The summed E-state index contributed by atoms with van der Waals surface area (Å²) in [5, 5.41) is 6.70. The van der Waals surface area contributed by atoms with Crippen LogP contribution in [0, 0.1) is 5.92 Å². The highest BCUT2D eigenvalue weighted by atomic mass is 16.2. The number of amides is 1. The summed E-state index contributed by atoms with van der Waals surface area (Å²) < 4.78 is 0. The van der Waals surface area contributed by atoms with Gasteiger partial charge in [-0.15, -0.1) is 0 Å². The Balaban J connectivity index is 1.44. The highest BCUT2D eigenvalue weighted by Crippen LogP contribution is 2.24. The van der Waals surface area contributed by atoms with Crippen molar-refractivity contribution in [3.8, 4) is 0 Å². The average molecular weight is 265 g/mol. The summed E-state index contributed by atoms with van der Waals surface area (Å²) in [6.45, 7) is 4.27. The quantitative estimate of drug-likeness (QED) is 0.800. The van der Waals surface area contributed by atoms with Crippen LogP contribution in [0.5, 0.6) is 0 Å². The summed E-state index contributed by atoms with van der Waals surface area (Å²) in [5.41, 5.74) is 0. The van der Waals surface area contributed by atoms with Gasteiger partial charge in [-0.25, -0.2) is 0 Å². The van der Waals surface area contributed by atoms with E-state index in [9.17, 15) is 4.79 Å². The van der Waals surface area contributed by atoms with Gasteiger partial charge in [-0.2, -0.15) is 0 Å². The number of likely N-dealkylation sites (tertiary alicyclic amines) is 1. The van der Waals surface area contributed by atoms with Gasteiger partial charge >= 0.3 is 0 Å². The van der Waals surface area contributed by atoms with Crippen LogP contribution in [-0.4, -0.2) is 49.1 Å². The summed E-state index contributed by atoms with van der Waals surface area (Å²) in [4.78, 5) is 14.5. The van der Waals surface area contributed by atoms with Crippen LogP contribution >= 0.6 is 0 Å². The fourth-order valence-electron chi connectivity index (χ4n) is 3.36. The number of rotatable bonds is 4. The molecule has 108 valence electrons. The summed E-state index contributed by atoms with van der Waals surface area (Å²) in [6, 6.07) is 0.977. The molecule has 0 aromatic heterocycles. The van der Waals surface area contributed by atoms with Crippen LogP contribution in [0.2, 0.25) is 0 Å². The molecule has 1 saturated carbocycles. The van der Waals surface area contributed by atoms with E-state index in [1.807, 2.05) is 0 Å². The van der Waals surface area contributed by atoms with Gasteiger partial charge in [0.05, 0.1) is 6.04 Å². The molecule has 1 amide bonds. The van der Waals surface area contributed by atoms with E-state index in [4.69, 9.17) is 0 Å². The summed E-state index contributed by atoms with van der Waals surface area (Å²) in [6.07, 6.45) is 8.64. The van der Waals surface area contributed by atoms with E-state index in [2.05, 4.69) is 15.5 Å². The lowest BCUT2D eigenvalue weighted by molar-refractivity contribution is -0.126. The van der Waals surface area contributed by atoms with Crippen LogP contribution in [0.4, 0.5) is 0 Å². The highest BCUT2D eigenvalue weighted by Gasteiger charge is 2.31. The maximum atomic E-state index is 12.1. The lowest BCUT2D eigenvalue weighted by atomic mass is 9.94. The third-order valence-corrected chi connectivity index (χ3v) is 4.87. The fraction of sp³-hybridized carbons (Fsp3) is 0.933. The van der Waals surface area contributed by atoms with Gasteiger partial charge in [-0.05, 0) is 70.5 Å². The van der Waals surface area contributed by atoms with Crippen LogP contribution < -0.4 is 10.6 Å². The molecule has 4 heteroatoms. The molecule has 3 rings (SSSR count). The van der Waals surface area contributed by atoms with Crippen molar-refractivity contribution >= 4 is 5.91 Å². The van der Waals surface area contributed by atoms with E-state index in [1.165, 1.54) is 38.6 Å². The first-order chi connectivity index (χ1) is 9.33. The Hall–Kier alpha value is -0.610. The van der Waals surface area contributed by atoms with Crippen LogP contribution in [-0.2, 0) is 4.79 Å². The van der Waals surface area contributed by atoms with Gasteiger partial charge in [-0.1, -0.05) is 0 Å². The molecule has 1 unspecified atom stereocenters. The third-order valence-electron chi connectivity index (χ3n) is 4.87. The standard InChI is InChI=1S/C15H27N3O/c19-15-14(3-1-2-8-16-15)18-9-6-12(7-10-18)11-17-13-4-5-13/h12-14,17H,1-11H2,(H,16,19). The zero-order valence-corrected chi connectivity index (χ0v) is 11.9. The molecule has 4 nitrogen and oxygen atoms in total. The molecular weight excluding hydrogens is 238 g/mol. The van der Waals surface area contributed by atoms with E-state index < -0.39 is 0 Å². The molecule has 3 fully saturated rings. The Bertz CT molecular complexity index is 309. The molecule has 0 bridgehead atoms. The monoisotopic (exact) mass is 265 g/mol. The second-order valence-electron chi connectivity index (χ2n) is 6.46. The SMILES string of the molecule is O=C1NCCCCC1N1CCC(CNC2CC2)CC1. The number of piperidine rings is 1. The Morgan fingerprint density at radius 3 is 2.63 bits per heavy atom. The molecule has 1 aliphatic carbocycles. The zero-order valence-electron chi connectivity index (χ0n) is 11.9. The van der Waals surface area contributed by atoms with Crippen molar-refractivity contribution in [2.24, 2.45) is 5.92 Å². The second-order valence-corrected chi connectivity index (χ2v) is 6.46. The van der Waals surface area contributed by atoms with Crippen molar-refractivity contribution in [1.29, 1.82) is 0 Å². The topological polar surface area (TPSA) is 44.4 Å². The minimum atomic E-state index is 0.153. The first kappa shape index (κ1) is 13.4. The largest absolute Gasteiger partial charge is 0.355 e. The van der Waals surface area contributed by atoms with E-state index in [0.29, 0.717) is 0 Å². The lowest BCUT2D eigenvalue weighted by Crippen LogP contribution is -2.49. The number of carbonyl (C=O) groups is 1. The number of nitrogens with zero attached hydrogens (tertiary/aromatic N) is 1. The molecule has 2 aliphatic heterocycles. The normalized spacial score (nSPS) is 30.9. The Kier molecular flexibility index (Phi) is 4.38. The minimum absolute atomic E-state index is 0.153. The molecular formula is C15H27N3O. The van der Waals surface area contributed by atoms with Crippen molar-refractivity contribution in [2.75, 3.05) is 26.2 Å². The van der Waals surface area contributed by atoms with Crippen molar-refractivity contribution < 1.29 is 4.79 Å². The number of carbonyl (C=O) groups excluding carboxylic acids is 1. The van der Waals surface area contributed by atoms with Crippen LogP contribution in [0.25, 0.3) is 0 Å². The van der Waals surface area contributed by atoms with Crippen molar-refractivity contribution in [3.63, 3.8) is 0 Å². The Morgan fingerprint density at radius 1 is 1.11 bits per heavy atom. The van der Waals surface area contributed by atoms with E-state index in [0.717, 1.165) is 44.4 Å². The smallest absolute Gasteiger partial charge is 0.237 e. The highest BCUT2D eigenvalue weighted by molar-refractivity contribution is 5.81. The zero-order chi connectivity index (χ0) is 13.1. The molecule has 0 radical (unpaired) electrons. The van der Waals surface area contributed by atoms with Gasteiger partial charge in [0.1, 0.15) is 0 Å². The van der Waals surface area contributed by atoms with Crippen LogP contribution in [0.1, 0.15) is 44.9 Å². The predicted octanol–water partition coefficient (Wildman–Crippen LogP) is 1.12. The van der Waals surface area contributed by atoms with Gasteiger partial charge in [0, 0.05) is 12.6 Å². The third kappa shape index (κ3) is 3.69. The van der Waals surface area contributed by atoms with Gasteiger partial charge < -0.3 is 10.6 Å². The van der Waals surface area contributed by atoms with Crippen LogP contribution in [0.15, 0.2) is 0 Å². The summed E-state index contributed by atoms with van der Waals surface area (Å²) >= 11 is 0. The van der Waals surface area contributed by atoms with Crippen LogP contribution in [0.3, 0.4) is 0 Å². The Labute approximate surface area is 116 Å². The maximum absolute atomic E-state index is 12.1. The minimum Gasteiger partial charge on any atom is -0.355 e. The molecule has 2 heterocycles. The molecule has 19 heavy (non-hydrogen) atoms. The first-order valence-electron chi connectivity index (χ1n) is 8.08. The van der Waals surface area contributed by atoms with Gasteiger partial charge in [-0.3, -0.25) is 9.69 Å². The molecule has 2 saturated heterocycles. The van der Waals surface area contributed by atoms with Crippen molar-refractivity contribution in [2.45, 2.75) is 57.0 Å². The molecule has 2 N–H and O–H groups in total. The first-order valence-corrected chi connectivity index (χ1v) is 8.08. The van der Waals surface area contributed by atoms with E-state index in [1.54, 1.807) is 0 Å².